The molecule has 2 aromatic heterocycles. The van der Waals surface area contributed by atoms with Crippen molar-refractivity contribution in [3.8, 4) is 16.5 Å². The second-order valence-electron chi connectivity index (χ2n) is 9.08. The lowest BCUT2D eigenvalue weighted by Gasteiger charge is -2.23. The maximum atomic E-state index is 12.6. The van der Waals surface area contributed by atoms with Crippen molar-refractivity contribution in [3.63, 3.8) is 0 Å². The van der Waals surface area contributed by atoms with Crippen LogP contribution in [0.1, 0.15) is 37.0 Å². The molecular formula is C23H29N5O2S. The zero-order valence-corrected chi connectivity index (χ0v) is 18.4. The van der Waals surface area contributed by atoms with E-state index < -0.39 is 6.04 Å². The average Bonchev–Trinajstić information content (AvgIpc) is 3.58. The first-order chi connectivity index (χ1) is 15.2. The molecule has 0 spiro atoms. The van der Waals surface area contributed by atoms with Crippen LogP contribution in [-0.2, 0) is 22.5 Å². The van der Waals surface area contributed by atoms with Crippen molar-refractivity contribution in [3.05, 3.63) is 29.4 Å². The van der Waals surface area contributed by atoms with Crippen LogP contribution >= 0.6 is 11.3 Å². The number of piperidine rings is 1. The molecule has 1 aliphatic carbocycles. The Morgan fingerprint density at radius 3 is 2.97 bits per heavy atom. The highest BCUT2D eigenvalue weighted by molar-refractivity contribution is 7.15. The molecule has 0 radical (unpaired) electrons. The van der Waals surface area contributed by atoms with Crippen LogP contribution in [0.25, 0.3) is 10.4 Å². The van der Waals surface area contributed by atoms with E-state index in [1.54, 1.807) is 11.3 Å². The number of nitrogens with zero attached hydrogens (tertiary/aromatic N) is 3. The Morgan fingerprint density at radius 1 is 1.35 bits per heavy atom. The first kappa shape index (κ1) is 20.7. The molecular weight excluding hydrogens is 410 g/mol. The molecule has 8 heteroatoms. The van der Waals surface area contributed by atoms with Gasteiger partial charge in [0.25, 0.3) is 0 Å². The third-order valence-corrected chi connectivity index (χ3v) is 8.04. The zero-order chi connectivity index (χ0) is 21.2. The summed E-state index contributed by atoms with van der Waals surface area (Å²) in [5.41, 5.74) is 1.10. The predicted octanol–water partition coefficient (Wildman–Crippen LogP) is 2.73. The third-order valence-electron chi connectivity index (χ3n) is 6.89. The standard InChI is InChI=1S/C23H29N5O2S/c24-11-19(27-23(29)22-16-1-2-18(9-16)26-22)10-20-3-4-21(31-20)17-12-25-28(14-17)13-15-5-7-30-8-6-15/h3-4,12,14-16,18-19,22,26H,1-2,5-10,13H2,(H,27,29)/t16?,18?,19-,22?/m0/s1. The van der Waals surface area contributed by atoms with Gasteiger partial charge in [-0.1, -0.05) is 0 Å². The van der Waals surface area contributed by atoms with Gasteiger partial charge in [0.15, 0.2) is 0 Å². The molecule has 1 amide bonds. The van der Waals surface area contributed by atoms with Crippen LogP contribution in [0.3, 0.4) is 0 Å². The van der Waals surface area contributed by atoms with Crippen LogP contribution in [0, 0.1) is 23.2 Å². The minimum absolute atomic E-state index is 0.0232. The van der Waals surface area contributed by atoms with Crippen LogP contribution in [0.2, 0.25) is 0 Å². The van der Waals surface area contributed by atoms with Gasteiger partial charge in [0.1, 0.15) is 6.04 Å². The van der Waals surface area contributed by atoms with Crippen LogP contribution in [0.4, 0.5) is 0 Å². The molecule has 3 aliphatic rings. The number of hydrogen-bond donors (Lipinski definition) is 2. The molecule has 2 saturated heterocycles. The summed E-state index contributed by atoms with van der Waals surface area (Å²) in [5, 5.41) is 20.5. The number of nitriles is 1. The highest BCUT2D eigenvalue weighted by Crippen LogP contribution is 2.35. The van der Waals surface area contributed by atoms with Crippen molar-refractivity contribution >= 4 is 17.2 Å². The number of rotatable bonds is 7. The summed E-state index contributed by atoms with van der Waals surface area (Å²) in [6, 6.07) is 6.26. The summed E-state index contributed by atoms with van der Waals surface area (Å²) in [6.07, 6.45) is 10.1. The summed E-state index contributed by atoms with van der Waals surface area (Å²) < 4.78 is 7.47. The summed E-state index contributed by atoms with van der Waals surface area (Å²) in [4.78, 5) is 14.9. The number of nitrogens with one attached hydrogen (secondary N) is 2. The number of amides is 1. The lowest BCUT2D eigenvalue weighted by atomic mass is 9.99. The topological polar surface area (TPSA) is 92.0 Å². The Morgan fingerprint density at radius 2 is 2.23 bits per heavy atom. The normalized spacial score (nSPS) is 26.6. The van der Waals surface area contributed by atoms with Crippen molar-refractivity contribution in [2.45, 2.75) is 63.2 Å². The largest absolute Gasteiger partial charge is 0.381 e. The van der Waals surface area contributed by atoms with Crippen molar-refractivity contribution in [1.29, 1.82) is 5.26 Å². The fraction of sp³-hybridized carbons (Fsp3) is 0.609. The Kier molecular flexibility index (Phi) is 6.08. The molecule has 4 atom stereocenters. The fourth-order valence-corrected chi connectivity index (χ4v) is 6.20. The van der Waals surface area contributed by atoms with Crippen LogP contribution in [0.5, 0.6) is 0 Å². The molecule has 3 fully saturated rings. The van der Waals surface area contributed by atoms with Crippen LogP contribution in [0.15, 0.2) is 24.5 Å². The number of carbonyl (C=O) groups excluding carboxylic acids is 1. The maximum absolute atomic E-state index is 12.6. The molecule has 2 aromatic rings. The molecule has 2 aliphatic heterocycles. The van der Waals surface area contributed by atoms with E-state index in [0.29, 0.717) is 24.3 Å². The van der Waals surface area contributed by atoms with E-state index in [9.17, 15) is 10.1 Å². The Labute approximate surface area is 186 Å². The minimum Gasteiger partial charge on any atom is -0.381 e. The minimum atomic E-state index is -0.504. The van der Waals surface area contributed by atoms with Gasteiger partial charge in [0.05, 0.1) is 18.3 Å². The van der Waals surface area contributed by atoms with Crippen LogP contribution in [-0.4, -0.2) is 47.0 Å². The molecule has 2 bridgehead atoms. The lowest BCUT2D eigenvalue weighted by Crippen LogP contribution is -2.50. The van der Waals surface area contributed by atoms with E-state index in [1.807, 2.05) is 10.9 Å². The fourth-order valence-electron chi connectivity index (χ4n) is 5.17. The van der Waals surface area contributed by atoms with Gasteiger partial charge in [-0.25, -0.2) is 0 Å². The number of thiophene rings is 1. The highest BCUT2D eigenvalue weighted by Gasteiger charge is 2.43. The monoisotopic (exact) mass is 439 g/mol. The van der Waals surface area contributed by atoms with E-state index >= 15 is 0 Å². The highest BCUT2D eigenvalue weighted by atomic mass is 32.1. The Bertz CT molecular complexity index is 957. The lowest BCUT2D eigenvalue weighted by molar-refractivity contribution is -0.124. The predicted molar refractivity (Wildman–Crippen MR) is 118 cm³/mol. The zero-order valence-electron chi connectivity index (χ0n) is 17.6. The average molecular weight is 440 g/mol. The smallest absolute Gasteiger partial charge is 0.238 e. The van der Waals surface area contributed by atoms with E-state index in [2.05, 4.69) is 40.1 Å². The van der Waals surface area contributed by atoms with E-state index in [-0.39, 0.29) is 11.9 Å². The van der Waals surface area contributed by atoms with Crippen LogP contribution < -0.4 is 10.6 Å². The molecule has 3 unspecified atom stereocenters. The molecule has 5 rings (SSSR count). The van der Waals surface area contributed by atoms with Gasteiger partial charge in [-0.3, -0.25) is 9.48 Å². The van der Waals surface area contributed by atoms with Gasteiger partial charge in [-0.2, -0.15) is 10.4 Å². The van der Waals surface area contributed by atoms with Gasteiger partial charge in [-0.15, -0.1) is 11.3 Å². The number of aromatic nitrogens is 2. The van der Waals surface area contributed by atoms with Gasteiger partial charge in [0.2, 0.25) is 5.91 Å². The number of carbonyl (C=O) groups is 1. The number of hydrogen-bond acceptors (Lipinski definition) is 6. The van der Waals surface area contributed by atoms with Crippen molar-refractivity contribution in [2.75, 3.05) is 13.2 Å². The molecule has 7 nitrogen and oxygen atoms in total. The molecule has 0 aromatic carbocycles. The summed E-state index contributed by atoms with van der Waals surface area (Å²) >= 11 is 1.67. The number of fused-ring (bicyclic) bond motifs is 2. The van der Waals surface area contributed by atoms with Crippen molar-refractivity contribution in [2.24, 2.45) is 11.8 Å². The number of ether oxygens (including phenoxy) is 1. The molecule has 1 saturated carbocycles. The SMILES string of the molecule is N#C[C@H](Cc1ccc(-c2cnn(CC3CCOCC3)c2)s1)NC(=O)C1NC2CCC1C2. The van der Waals surface area contributed by atoms with E-state index in [0.717, 1.165) is 60.8 Å². The van der Waals surface area contributed by atoms with Crippen molar-refractivity contribution < 1.29 is 9.53 Å². The molecule has 4 heterocycles. The van der Waals surface area contributed by atoms with Gasteiger partial charge in [0, 0.05) is 53.7 Å². The molecule has 2 N–H and O–H groups in total. The van der Waals surface area contributed by atoms with E-state index in [4.69, 9.17) is 4.74 Å². The summed E-state index contributed by atoms with van der Waals surface area (Å²) in [5.74, 6) is 1.03. The van der Waals surface area contributed by atoms with E-state index in [1.165, 1.54) is 6.42 Å². The molecule has 164 valence electrons. The quantitative estimate of drug-likeness (QED) is 0.692. The third kappa shape index (κ3) is 4.69. The second kappa shape index (κ2) is 9.11. The molecule has 31 heavy (non-hydrogen) atoms. The van der Waals surface area contributed by atoms with Gasteiger partial charge in [-0.05, 0) is 56.1 Å². The summed E-state index contributed by atoms with van der Waals surface area (Å²) in [7, 11) is 0. The summed E-state index contributed by atoms with van der Waals surface area (Å²) in [6.45, 7) is 2.63. The first-order valence-corrected chi connectivity index (χ1v) is 12.1. The van der Waals surface area contributed by atoms with Gasteiger partial charge < -0.3 is 15.4 Å². The van der Waals surface area contributed by atoms with Crippen molar-refractivity contribution in [1.82, 2.24) is 20.4 Å². The van der Waals surface area contributed by atoms with Gasteiger partial charge >= 0.3 is 0 Å². The maximum Gasteiger partial charge on any atom is 0.238 e. The first-order valence-electron chi connectivity index (χ1n) is 11.3. The second-order valence-corrected chi connectivity index (χ2v) is 10.2. The Hall–Kier alpha value is -2.21. The Balaban J connectivity index is 1.17.